The zero-order valence-corrected chi connectivity index (χ0v) is 21.7. The lowest BCUT2D eigenvalue weighted by atomic mass is 9.96. The second-order valence-electron chi connectivity index (χ2n) is 10.4. The number of halogens is 3. The summed E-state index contributed by atoms with van der Waals surface area (Å²) >= 11 is 0. The maximum Gasteiger partial charge on any atom is 0.410 e. The molecule has 4 heterocycles. The number of nitrogens with zero attached hydrogens (tertiary/aromatic N) is 3. The minimum Gasteiger partial charge on any atom is -0.493 e. The zero-order chi connectivity index (χ0) is 27.3. The Hall–Kier alpha value is -3.73. The molecule has 2 aromatic carbocycles. The maximum atomic E-state index is 14.2. The number of anilines is 1. The highest BCUT2D eigenvalue weighted by atomic mass is 19.4. The molecule has 3 aliphatic rings. The van der Waals surface area contributed by atoms with Crippen LogP contribution in [0.15, 0.2) is 48.5 Å². The standard InChI is InChI=1S/C28H30F3N5O3/c1-38-23-7-6-17(9-24(23)39-2)21-10-25(28(29,30)31)36-26(33-21)11-22(34-36)16-4-3-5-18(8-16)27(37)35-14-19-12-32-13-20(19)15-35/h3-9,11,19-21,25,32-33H,10,12-15H2,1-2H3/t19?,20?,21-,25+/m0/s1. The summed E-state index contributed by atoms with van der Waals surface area (Å²) < 4.78 is 54.3. The number of nitrogens with one attached hydrogen (secondary N) is 2. The van der Waals surface area contributed by atoms with Gasteiger partial charge in [-0.05, 0) is 41.7 Å². The average molecular weight is 542 g/mol. The number of hydrogen-bond donors (Lipinski definition) is 2. The van der Waals surface area contributed by atoms with Crippen LogP contribution in [-0.4, -0.2) is 67.2 Å². The number of amides is 1. The molecule has 11 heteroatoms. The number of rotatable bonds is 5. The monoisotopic (exact) mass is 541 g/mol. The van der Waals surface area contributed by atoms with Crippen molar-refractivity contribution in [2.24, 2.45) is 11.8 Å². The van der Waals surface area contributed by atoms with Crippen LogP contribution in [0.25, 0.3) is 11.3 Å². The average Bonchev–Trinajstić information content (AvgIpc) is 3.66. The first-order chi connectivity index (χ1) is 18.7. The number of alkyl halides is 3. The minimum absolute atomic E-state index is 0.0602. The summed E-state index contributed by atoms with van der Waals surface area (Å²) in [5.41, 5.74) is 2.12. The van der Waals surface area contributed by atoms with Gasteiger partial charge in [0.2, 0.25) is 0 Å². The molecule has 3 aliphatic heterocycles. The Morgan fingerprint density at radius 2 is 1.74 bits per heavy atom. The molecule has 2 unspecified atom stereocenters. The number of carbonyl (C=O) groups excluding carboxylic acids is 1. The van der Waals surface area contributed by atoms with Crippen LogP contribution in [0.2, 0.25) is 0 Å². The van der Waals surface area contributed by atoms with Crippen LogP contribution in [0.1, 0.15) is 34.4 Å². The van der Waals surface area contributed by atoms with Gasteiger partial charge in [0.25, 0.3) is 5.91 Å². The molecule has 0 saturated carbocycles. The number of aromatic nitrogens is 2. The van der Waals surface area contributed by atoms with Crippen LogP contribution in [-0.2, 0) is 0 Å². The Morgan fingerprint density at radius 3 is 2.44 bits per heavy atom. The Morgan fingerprint density at radius 1 is 1.00 bits per heavy atom. The first kappa shape index (κ1) is 25.5. The number of fused-ring (bicyclic) bond motifs is 2. The van der Waals surface area contributed by atoms with Crippen LogP contribution in [0.4, 0.5) is 19.0 Å². The topological polar surface area (TPSA) is 80.7 Å². The summed E-state index contributed by atoms with van der Waals surface area (Å²) in [6, 6.07) is 11.3. The van der Waals surface area contributed by atoms with E-state index < -0.39 is 18.3 Å². The largest absolute Gasteiger partial charge is 0.493 e. The van der Waals surface area contributed by atoms with Crippen molar-refractivity contribution >= 4 is 11.7 Å². The van der Waals surface area contributed by atoms with Crippen molar-refractivity contribution in [1.29, 1.82) is 0 Å². The second-order valence-corrected chi connectivity index (χ2v) is 10.4. The van der Waals surface area contributed by atoms with E-state index in [9.17, 15) is 18.0 Å². The van der Waals surface area contributed by atoms with E-state index in [2.05, 4.69) is 15.7 Å². The van der Waals surface area contributed by atoms with E-state index in [0.29, 0.717) is 58.8 Å². The fourth-order valence-electron chi connectivity index (χ4n) is 6.02. The predicted octanol–water partition coefficient (Wildman–Crippen LogP) is 4.52. The Kier molecular flexibility index (Phi) is 6.41. The van der Waals surface area contributed by atoms with E-state index in [1.54, 1.807) is 48.5 Å². The molecule has 39 heavy (non-hydrogen) atoms. The molecule has 1 amide bonds. The van der Waals surface area contributed by atoms with E-state index in [-0.39, 0.29) is 18.1 Å². The lowest BCUT2D eigenvalue weighted by Crippen LogP contribution is -2.35. The predicted molar refractivity (Wildman–Crippen MR) is 139 cm³/mol. The Balaban J connectivity index is 1.29. The minimum atomic E-state index is -4.50. The van der Waals surface area contributed by atoms with Crippen molar-refractivity contribution < 1.29 is 27.4 Å². The van der Waals surface area contributed by atoms with E-state index in [4.69, 9.17) is 9.47 Å². The first-order valence-corrected chi connectivity index (χ1v) is 13.0. The summed E-state index contributed by atoms with van der Waals surface area (Å²) in [4.78, 5) is 15.1. The van der Waals surface area contributed by atoms with Gasteiger partial charge in [0.1, 0.15) is 5.82 Å². The highest BCUT2D eigenvalue weighted by Crippen LogP contribution is 2.45. The third-order valence-corrected chi connectivity index (χ3v) is 8.08. The highest BCUT2D eigenvalue weighted by Gasteiger charge is 2.47. The van der Waals surface area contributed by atoms with Crippen LogP contribution < -0.4 is 20.1 Å². The molecular weight excluding hydrogens is 511 g/mol. The molecule has 0 bridgehead atoms. The lowest BCUT2D eigenvalue weighted by molar-refractivity contribution is -0.173. The third kappa shape index (κ3) is 4.69. The zero-order valence-electron chi connectivity index (χ0n) is 21.7. The van der Waals surface area contributed by atoms with Gasteiger partial charge in [0.05, 0.1) is 26.0 Å². The number of hydrogen-bond acceptors (Lipinski definition) is 6. The Labute approximate surface area is 224 Å². The smallest absolute Gasteiger partial charge is 0.410 e. The van der Waals surface area contributed by atoms with E-state index in [1.165, 1.54) is 14.2 Å². The van der Waals surface area contributed by atoms with Gasteiger partial charge in [-0.1, -0.05) is 18.2 Å². The number of ether oxygens (including phenoxy) is 2. The van der Waals surface area contributed by atoms with Crippen LogP contribution >= 0.6 is 0 Å². The summed E-state index contributed by atoms with van der Waals surface area (Å²) in [6.45, 7) is 3.28. The second kappa shape index (κ2) is 9.78. The first-order valence-electron chi connectivity index (χ1n) is 13.0. The molecule has 0 spiro atoms. The summed E-state index contributed by atoms with van der Waals surface area (Å²) in [7, 11) is 2.99. The molecule has 2 N–H and O–H groups in total. The molecule has 0 radical (unpaired) electrons. The van der Waals surface area contributed by atoms with E-state index in [0.717, 1.165) is 17.8 Å². The van der Waals surface area contributed by atoms with Crippen LogP contribution in [0.5, 0.6) is 11.5 Å². The van der Waals surface area contributed by atoms with Gasteiger partial charge < -0.3 is 25.0 Å². The lowest BCUT2D eigenvalue weighted by Gasteiger charge is -2.33. The number of likely N-dealkylation sites (tertiary alicyclic amines) is 1. The van der Waals surface area contributed by atoms with Crippen molar-refractivity contribution in [1.82, 2.24) is 20.0 Å². The van der Waals surface area contributed by atoms with Crippen molar-refractivity contribution in [3.63, 3.8) is 0 Å². The summed E-state index contributed by atoms with van der Waals surface area (Å²) in [5, 5.41) is 11.0. The summed E-state index contributed by atoms with van der Waals surface area (Å²) in [5.74, 6) is 2.09. The maximum absolute atomic E-state index is 14.2. The third-order valence-electron chi connectivity index (χ3n) is 8.08. The normalized spacial score (nSPS) is 24.2. The molecule has 206 valence electrons. The molecule has 8 nitrogen and oxygen atoms in total. The number of benzene rings is 2. The molecule has 3 aromatic rings. The van der Waals surface area contributed by atoms with Gasteiger partial charge in [-0.25, -0.2) is 4.68 Å². The fourth-order valence-corrected chi connectivity index (χ4v) is 6.02. The quantitative estimate of drug-likeness (QED) is 0.495. The van der Waals surface area contributed by atoms with Gasteiger partial charge in [-0.3, -0.25) is 4.79 Å². The Bertz CT molecular complexity index is 1380. The van der Waals surface area contributed by atoms with Gasteiger partial charge >= 0.3 is 6.18 Å². The van der Waals surface area contributed by atoms with Crippen LogP contribution in [0.3, 0.4) is 0 Å². The molecule has 1 aromatic heterocycles. The van der Waals surface area contributed by atoms with Crippen molar-refractivity contribution in [2.45, 2.75) is 24.7 Å². The molecule has 4 atom stereocenters. The molecule has 6 rings (SSSR count). The van der Waals surface area contributed by atoms with Gasteiger partial charge in [0.15, 0.2) is 17.5 Å². The van der Waals surface area contributed by atoms with Gasteiger partial charge in [0, 0.05) is 49.8 Å². The molecule has 2 fully saturated rings. The number of carbonyl (C=O) groups is 1. The van der Waals surface area contributed by atoms with E-state index in [1.807, 2.05) is 4.90 Å². The van der Waals surface area contributed by atoms with Crippen molar-refractivity contribution in [2.75, 3.05) is 45.7 Å². The summed E-state index contributed by atoms with van der Waals surface area (Å²) in [6.07, 6.45) is -4.74. The highest BCUT2D eigenvalue weighted by molar-refractivity contribution is 5.95. The van der Waals surface area contributed by atoms with Gasteiger partial charge in [-0.2, -0.15) is 18.3 Å². The van der Waals surface area contributed by atoms with Crippen molar-refractivity contribution in [3.8, 4) is 22.8 Å². The van der Waals surface area contributed by atoms with Crippen molar-refractivity contribution in [3.05, 3.63) is 59.7 Å². The van der Waals surface area contributed by atoms with E-state index >= 15 is 0 Å². The van der Waals surface area contributed by atoms with Gasteiger partial charge in [-0.15, -0.1) is 0 Å². The molecular formula is C28H30F3N5O3. The molecule has 0 aliphatic carbocycles. The number of methoxy groups -OCH3 is 2. The SMILES string of the molecule is COc1ccc([C@@H]2C[C@H](C(F)(F)F)n3nc(-c4cccc(C(=O)N5CC6CNCC6C5)c4)cc3N2)cc1OC. The van der Waals surface area contributed by atoms with Crippen LogP contribution in [0, 0.1) is 11.8 Å². The fraction of sp³-hybridized carbons (Fsp3) is 0.429. The molecule has 2 saturated heterocycles.